The minimum Gasteiger partial charge on any atom is -0.379 e. The quantitative estimate of drug-likeness (QED) is 0.877. The topological polar surface area (TPSA) is 59.0 Å². The number of carbonyl (C=O) groups is 1. The maximum Gasteiger partial charge on any atom is 0.251 e. The first kappa shape index (κ1) is 14.1. The van der Waals surface area contributed by atoms with Crippen molar-refractivity contribution in [3.05, 3.63) is 47.8 Å². The molecular formula is C15H20N4O. The van der Waals surface area contributed by atoms with E-state index >= 15 is 0 Å². The van der Waals surface area contributed by atoms with Crippen LogP contribution in [0.5, 0.6) is 0 Å². The largest absolute Gasteiger partial charge is 0.379 e. The molecule has 0 aliphatic heterocycles. The van der Waals surface area contributed by atoms with Gasteiger partial charge in [-0.25, -0.2) is 0 Å². The van der Waals surface area contributed by atoms with E-state index in [0.29, 0.717) is 12.1 Å². The molecule has 0 saturated carbocycles. The van der Waals surface area contributed by atoms with Crippen molar-refractivity contribution in [2.45, 2.75) is 26.4 Å². The van der Waals surface area contributed by atoms with Crippen LogP contribution < -0.4 is 10.6 Å². The van der Waals surface area contributed by atoms with Crippen molar-refractivity contribution in [2.24, 2.45) is 7.05 Å². The molecule has 2 aromatic rings. The molecule has 1 aromatic carbocycles. The van der Waals surface area contributed by atoms with E-state index in [0.717, 1.165) is 11.4 Å². The normalized spacial score (nSPS) is 10.6. The summed E-state index contributed by atoms with van der Waals surface area (Å²) in [5, 5.41) is 10.3. The van der Waals surface area contributed by atoms with Crippen molar-refractivity contribution in [2.75, 3.05) is 5.32 Å². The second-order valence-electron chi connectivity index (χ2n) is 5.01. The highest BCUT2D eigenvalue weighted by atomic mass is 16.1. The van der Waals surface area contributed by atoms with Gasteiger partial charge in [-0.15, -0.1) is 0 Å². The van der Waals surface area contributed by atoms with Gasteiger partial charge in [0, 0.05) is 30.5 Å². The van der Waals surface area contributed by atoms with Gasteiger partial charge >= 0.3 is 0 Å². The van der Waals surface area contributed by atoms with E-state index in [1.165, 1.54) is 0 Å². The van der Waals surface area contributed by atoms with Gasteiger partial charge in [-0.05, 0) is 44.2 Å². The van der Waals surface area contributed by atoms with Crippen molar-refractivity contribution in [1.29, 1.82) is 0 Å². The summed E-state index contributed by atoms with van der Waals surface area (Å²) in [6.07, 6.45) is 1.77. The van der Waals surface area contributed by atoms with Crippen molar-refractivity contribution >= 4 is 11.6 Å². The molecule has 0 bridgehead atoms. The maximum absolute atomic E-state index is 11.8. The van der Waals surface area contributed by atoms with Gasteiger partial charge in [-0.3, -0.25) is 9.48 Å². The molecule has 0 radical (unpaired) electrons. The standard InChI is InChI=1S/C15H20N4O/c1-11(2)18-15(20)12-4-6-13(7-5-12)16-10-14-8-9-17-19(14)3/h4-9,11,16H,10H2,1-3H3,(H,18,20). The van der Waals surface area contributed by atoms with Crippen LogP contribution in [0.1, 0.15) is 29.9 Å². The Labute approximate surface area is 119 Å². The molecule has 2 rings (SSSR count). The van der Waals surface area contributed by atoms with Gasteiger partial charge in [-0.1, -0.05) is 0 Å². The smallest absolute Gasteiger partial charge is 0.251 e. The number of hydrogen-bond donors (Lipinski definition) is 2. The van der Waals surface area contributed by atoms with Crippen molar-refractivity contribution in [1.82, 2.24) is 15.1 Å². The van der Waals surface area contributed by atoms with Gasteiger partial charge in [0.1, 0.15) is 0 Å². The molecule has 1 heterocycles. The Bertz CT molecular complexity index is 572. The van der Waals surface area contributed by atoms with Crippen LogP contribution in [0.3, 0.4) is 0 Å². The first-order valence-electron chi connectivity index (χ1n) is 6.68. The van der Waals surface area contributed by atoms with E-state index in [1.807, 2.05) is 55.9 Å². The number of amides is 1. The predicted octanol–water partition coefficient (Wildman–Crippen LogP) is 2.17. The van der Waals surface area contributed by atoms with Crippen LogP contribution in [0.25, 0.3) is 0 Å². The Morgan fingerprint density at radius 3 is 2.50 bits per heavy atom. The summed E-state index contributed by atoms with van der Waals surface area (Å²) in [6, 6.07) is 9.58. The summed E-state index contributed by atoms with van der Waals surface area (Å²) < 4.78 is 1.83. The zero-order chi connectivity index (χ0) is 14.5. The molecule has 106 valence electrons. The molecule has 0 unspecified atom stereocenters. The molecule has 1 amide bonds. The maximum atomic E-state index is 11.8. The fraction of sp³-hybridized carbons (Fsp3) is 0.333. The lowest BCUT2D eigenvalue weighted by molar-refractivity contribution is 0.0943. The molecular weight excluding hydrogens is 252 g/mol. The van der Waals surface area contributed by atoms with Crippen molar-refractivity contribution in [3.8, 4) is 0 Å². The second kappa shape index (κ2) is 6.23. The van der Waals surface area contributed by atoms with Crippen molar-refractivity contribution < 1.29 is 4.79 Å². The van der Waals surface area contributed by atoms with Gasteiger partial charge in [0.05, 0.1) is 12.2 Å². The molecule has 5 heteroatoms. The lowest BCUT2D eigenvalue weighted by atomic mass is 10.2. The molecule has 2 N–H and O–H groups in total. The third-order valence-corrected chi connectivity index (χ3v) is 2.96. The van der Waals surface area contributed by atoms with Crippen molar-refractivity contribution in [3.63, 3.8) is 0 Å². The van der Waals surface area contributed by atoms with Gasteiger partial charge < -0.3 is 10.6 Å². The number of nitrogens with one attached hydrogen (secondary N) is 2. The Morgan fingerprint density at radius 2 is 1.95 bits per heavy atom. The third-order valence-electron chi connectivity index (χ3n) is 2.96. The van der Waals surface area contributed by atoms with Crippen LogP contribution in [0.2, 0.25) is 0 Å². The van der Waals surface area contributed by atoms with Crippen LogP contribution in [0.4, 0.5) is 5.69 Å². The molecule has 0 aliphatic carbocycles. The van der Waals surface area contributed by atoms with E-state index in [-0.39, 0.29) is 11.9 Å². The lowest BCUT2D eigenvalue weighted by Gasteiger charge is -2.10. The fourth-order valence-electron chi connectivity index (χ4n) is 1.85. The molecule has 0 fully saturated rings. The Kier molecular flexibility index (Phi) is 4.40. The monoisotopic (exact) mass is 272 g/mol. The number of aromatic nitrogens is 2. The average Bonchev–Trinajstić information content (AvgIpc) is 2.82. The van der Waals surface area contributed by atoms with Crippen LogP contribution in [-0.2, 0) is 13.6 Å². The van der Waals surface area contributed by atoms with E-state index in [1.54, 1.807) is 6.20 Å². The van der Waals surface area contributed by atoms with Crippen LogP contribution in [0.15, 0.2) is 36.5 Å². The zero-order valence-corrected chi connectivity index (χ0v) is 12.1. The highest BCUT2D eigenvalue weighted by Gasteiger charge is 2.06. The zero-order valence-electron chi connectivity index (χ0n) is 12.1. The highest BCUT2D eigenvalue weighted by Crippen LogP contribution is 2.11. The number of nitrogens with zero attached hydrogens (tertiary/aromatic N) is 2. The molecule has 5 nitrogen and oxygen atoms in total. The van der Waals surface area contributed by atoms with E-state index in [9.17, 15) is 4.79 Å². The van der Waals surface area contributed by atoms with Gasteiger partial charge in [0.2, 0.25) is 0 Å². The highest BCUT2D eigenvalue weighted by molar-refractivity contribution is 5.94. The number of benzene rings is 1. The van der Waals surface area contributed by atoms with Gasteiger partial charge in [-0.2, -0.15) is 5.10 Å². The minimum absolute atomic E-state index is 0.0433. The number of anilines is 1. The van der Waals surface area contributed by atoms with Gasteiger partial charge in [0.15, 0.2) is 0 Å². The number of carbonyl (C=O) groups excluding carboxylic acids is 1. The molecule has 0 aliphatic rings. The first-order valence-corrected chi connectivity index (χ1v) is 6.68. The number of aryl methyl sites for hydroxylation is 1. The third kappa shape index (κ3) is 3.60. The van der Waals surface area contributed by atoms with E-state index in [2.05, 4.69) is 15.7 Å². The average molecular weight is 272 g/mol. The number of hydrogen-bond acceptors (Lipinski definition) is 3. The molecule has 1 aromatic heterocycles. The van der Waals surface area contributed by atoms with E-state index < -0.39 is 0 Å². The SMILES string of the molecule is CC(C)NC(=O)c1ccc(NCc2ccnn2C)cc1. The fourth-order valence-corrected chi connectivity index (χ4v) is 1.85. The first-order chi connectivity index (χ1) is 9.56. The predicted molar refractivity (Wildman–Crippen MR) is 79.6 cm³/mol. The second-order valence-corrected chi connectivity index (χ2v) is 5.01. The lowest BCUT2D eigenvalue weighted by Crippen LogP contribution is -2.29. The summed E-state index contributed by atoms with van der Waals surface area (Å²) in [4.78, 5) is 11.8. The molecule has 0 atom stereocenters. The molecule has 20 heavy (non-hydrogen) atoms. The van der Waals surface area contributed by atoms with Crippen LogP contribution in [-0.4, -0.2) is 21.7 Å². The minimum atomic E-state index is -0.0433. The summed E-state index contributed by atoms with van der Waals surface area (Å²) in [6.45, 7) is 4.59. The van der Waals surface area contributed by atoms with E-state index in [4.69, 9.17) is 0 Å². The molecule has 0 saturated heterocycles. The Morgan fingerprint density at radius 1 is 1.25 bits per heavy atom. The summed E-state index contributed by atoms with van der Waals surface area (Å²) in [5.41, 5.74) is 2.75. The van der Waals surface area contributed by atoms with Crippen LogP contribution >= 0.6 is 0 Å². The summed E-state index contributed by atoms with van der Waals surface area (Å²) >= 11 is 0. The summed E-state index contributed by atoms with van der Waals surface area (Å²) in [5.74, 6) is -0.0433. The Balaban J connectivity index is 1.95. The number of rotatable bonds is 5. The van der Waals surface area contributed by atoms with Gasteiger partial charge in [0.25, 0.3) is 5.91 Å². The Hall–Kier alpha value is -2.30. The molecule has 0 spiro atoms. The summed E-state index contributed by atoms with van der Waals surface area (Å²) in [7, 11) is 1.91. The van der Waals surface area contributed by atoms with Crippen LogP contribution in [0, 0.1) is 0 Å².